The van der Waals surface area contributed by atoms with Crippen LogP contribution in [0.2, 0.25) is 0 Å². The Kier molecular flexibility index (Phi) is 2.84. The van der Waals surface area contributed by atoms with Gasteiger partial charge >= 0.3 is 5.97 Å². The van der Waals surface area contributed by atoms with E-state index in [1.807, 2.05) is 48.5 Å². The number of hydrogen-bond donors (Lipinski definition) is 2. The SMILES string of the molecule is Nc1c(C(=O)O)c(-c2ccccc2)nc2ccccc12. The number of hydrogen-bond acceptors (Lipinski definition) is 3. The van der Waals surface area contributed by atoms with Crippen molar-refractivity contribution in [1.29, 1.82) is 0 Å². The van der Waals surface area contributed by atoms with Gasteiger partial charge in [0.1, 0.15) is 5.56 Å². The summed E-state index contributed by atoms with van der Waals surface area (Å²) in [6.45, 7) is 0. The summed E-state index contributed by atoms with van der Waals surface area (Å²) < 4.78 is 0. The molecule has 0 aliphatic rings. The zero-order chi connectivity index (χ0) is 14.1. The molecule has 4 nitrogen and oxygen atoms in total. The molecular formula is C16H12N2O2. The second-order valence-electron chi connectivity index (χ2n) is 4.44. The third-order valence-corrected chi connectivity index (χ3v) is 3.19. The maximum absolute atomic E-state index is 11.5. The average molecular weight is 264 g/mol. The van der Waals surface area contributed by atoms with Gasteiger partial charge in [-0.15, -0.1) is 0 Å². The van der Waals surface area contributed by atoms with E-state index in [0.717, 1.165) is 5.56 Å². The van der Waals surface area contributed by atoms with Crippen LogP contribution in [0.5, 0.6) is 0 Å². The lowest BCUT2D eigenvalue weighted by Crippen LogP contribution is -2.07. The van der Waals surface area contributed by atoms with E-state index in [1.165, 1.54) is 0 Å². The summed E-state index contributed by atoms with van der Waals surface area (Å²) in [6, 6.07) is 16.5. The van der Waals surface area contributed by atoms with Crippen molar-refractivity contribution in [2.45, 2.75) is 0 Å². The van der Waals surface area contributed by atoms with Gasteiger partial charge in [0.05, 0.1) is 16.9 Å². The molecule has 0 aliphatic carbocycles. The molecule has 3 rings (SSSR count). The van der Waals surface area contributed by atoms with Gasteiger partial charge in [-0.25, -0.2) is 9.78 Å². The van der Waals surface area contributed by atoms with E-state index < -0.39 is 5.97 Å². The number of nitrogens with two attached hydrogens (primary N) is 1. The molecule has 20 heavy (non-hydrogen) atoms. The smallest absolute Gasteiger partial charge is 0.340 e. The largest absolute Gasteiger partial charge is 0.478 e. The molecule has 0 atom stereocenters. The Hall–Kier alpha value is -2.88. The summed E-state index contributed by atoms with van der Waals surface area (Å²) in [5.74, 6) is -1.07. The van der Waals surface area contributed by atoms with Crippen molar-refractivity contribution >= 4 is 22.6 Å². The number of rotatable bonds is 2. The van der Waals surface area contributed by atoms with Crippen LogP contribution in [-0.4, -0.2) is 16.1 Å². The van der Waals surface area contributed by atoms with Crippen molar-refractivity contribution in [2.24, 2.45) is 0 Å². The number of aromatic carboxylic acids is 1. The Morgan fingerprint density at radius 1 is 1.00 bits per heavy atom. The number of carboxylic acids is 1. The standard InChI is InChI=1S/C16H12N2O2/c17-14-11-8-4-5-9-12(11)18-15(13(14)16(19)20)10-6-2-1-3-7-10/h1-9H,(H2,17,18)(H,19,20). The monoisotopic (exact) mass is 264 g/mol. The van der Waals surface area contributed by atoms with Gasteiger partial charge in [0.15, 0.2) is 0 Å². The number of fused-ring (bicyclic) bond motifs is 1. The molecule has 0 spiro atoms. The normalized spacial score (nSPS) is 10.6. The van der Waals surface area contributed by atoms with Crippen molar-refractivity contribution < 1.29 is 9.90 Å². The minimum atomic E-state index is -1.07. The van der Waals surface area contributed by atoms with Gasteiger partial charge in [-0.3, -0.25) is 0 Å². The molecule has 0 fully saturated rings. The number of nitrogen functional groups attached to an aromatic ring is 1. The first-order valence-electron chi connectivity index (χ1n) is 6.15. The number of carbonyl (C=O) groups is 1. The fourth-order valence-corrected chi connectivity index (χ4v) is 2.26. The van der Waals surface area contributed by atoms with Gasteiger partial charge in [-0.05, 0) is 6.07 Å². The van der Waals surface area contributed by atoms with Crippen LogP contribution in [0, 0.1) is 0 Å². The van der Waals surface area contributed by atoms with Gasteiger partial charge in [0.25, 0.3) is 0 Å². The van der Waals surface area contributed by atoms with E-state index in [-0.39, 0.29) is 11.3 Å². The molecule has 0 unspecified atom stereocenters. The minimum absolute atomic E-state index is 0.0508. The topological polar surface area (TPSA) is 76.2 Å². The molecule has 3 N–H and O–H groups in total. The number of benzene rings is 2. The molecule has 2 aromatic carbocycles. The van der Waals surface area contributed by atoms with Crippen LogP contribution in [0.3, 0.4) is 0 Å². The summed E-state index contributed by atoms with van der Waals surface area (Å²) in [7, 11) is 0. The molecule has 0 saturated carbocycles. The van der Waals surface area contributed by atoms with E-state index in [0.29, 0.717) is 16.6 Å². The lowest BCUT2D eigenvalue weighted by molar-refractivity contribution is 0.0698. The summed E-state index contributed by atoms with van der Waals surface area (Å²) in [4.78, 5) is 16.0. The highest BCUT2D eigenvalue weighted by molar-refractivity contribution is 6.08. The quantitative estimate of drug-likeness (QED) is 0.745. The van der Waals surface area contributed by atoms with Crippen LogP contribution in [-0.2, 0) is 0 Å². The molecule has 0 amide bonds. The summed E-state index contributed by atoms with van der Waals surface area (Å²) in [5, 5.41) is 10.1. The van der Waals surface area contributed by atoms with Gasteiger partial charge in [-0.1, -0.05) is 48.5 Å². The van der Waals surface area contributed by atoms with Crippen molar-refractivity contribution in [3.63, 3.8) is 0 Å². The number of aromatic nitrogens is 1. The fraction of sp³-hybridized carbons (Fsp3) is 0. The first-order valence-corrected chi connectivity index (χ1v) is 6.15. The summed E-state index contributed by atoms with van der Waals surface area (Å²) >= 11 is 0. The van der Waals surface area contributed by atoms with Crippen LogP contribution in [0.1, 0.15) is 10.4 Å². The molecule has 4 heteroatoms. The minimum Gasteiger partial charge on any atom is -0.478 e. The molecular weight excluding hydrogens is 252 g/mol. The van der Waals surface area contributed by atoms with Crippen molar-refractivity contribution in [1.82, 2.24) is 4.98 Å². The number of para-hydroxylation sites is 1. The average Bonchev–Trinajstić information content (AvgIpc) is 2.47. The van der Waals surface area contributed by atoms with Crippen molar-refractivity contribution in [3.05, 3.63) is 60.2 Å². The predicted molar refractivity (Wildman–Crippen MR) is 78.6 cm³/mol. The van der Waals surface area contributed by atoms with Crippen LogP contribution in [0.25, 0.3) is 22.2 Å². The summed E-state index contributed by atoms with van der Waals surface area (Å²) in [5.41, 5.74) is 8.16. The zero-order valence-corrected chi connectivity index (χ0v) is 10.6. The van der Waals surface area contributed by atoms with E-state index in [4.69, 9.17) is 5.73 Å². The second kappa shape index (κ2) is 4.66. The molecule has 1 heterocycles. The van der Waals surface area contributed by atoms with E-state index in [2.05, 4.69) is 4.98 Å². The van der Waals surface area contributed by atoms with Crippen LogP contribution in [0.4, 0.5) is 5.69 Å². The highest BCUT2D eigenvalue weighted by atomic mass is 16.4. The van der Waals surface area contributed by atoms with Gasteiger partial charge < -0.3 is 10.8 Å². The Morgan fingerprint density at radius 3 is 2.35 bits per heavy atom. The van der Waals surface area contributed by atoms with Crippen LogP contribution >= 0.6 is 0 Å². The zero-order valence-electron chi connectivity index (χ0n) is 10.6. The Balaban J connectivity index is 2.41. The fourth-order valence-electron chi connectivity index (χ4n) is 2.26. The van der Waals surface area contributed by atoms with Crippen molar-refractivity contribution in [2.75, 3.05) is 5.73 Å². The van der Waals surface area contributed by atoms with Crippen molar-refractivity contribution in [3.8, 4) is 11.3 Å². The van der Waals surface area contributed by atoms with Crippen LogP contribution < -0.4 is 5.73 Å². The molecule has 0 bridgehead atoms. The third-order valence-electron chi connectivity index (χ3n) is 3.19. The first-order chi connectivity index (χ1) is 9.68. The van der Waals surface area contributed by atoms with E-state index in [9.17, 15) is 9.90 Å². The van der Waals surface area contributed by atoms with E-state index >= 15 is 0 Å². The Labute approximate surface area is 115 Å². The maximum Gasteiger partial charge on any atom is 0.340 e. The number of nitrogens with zero attached hydrogens (tertiary/aromatic N) is 1. The second-order valence-corrected chi connectivity index (χ2v) is 4.44. The lowest BCUT2D eigenvalue weighted by atomic mass is 10.0. The predicted octanol–water partition coefficient (Wildman–Crippen LogP) is 3.18. The number of anilines is 1. The van der Waals surface area contributed by atoms with Gasteiger partial charge in [-0.2, -0.15) is 0 Å². The Morgan fingerprint density at radius 2 is 1.65 bits per heavy atom. The number of carboxylic acid groups (broad SMARTS) is 1. The lowest BCUT2D eigenvalue weighted by Gasteiger charge is -2.11. The third kappa shape index (κ3) is 1.87. The van der Waals surface area contributed by atoms with Gasteiger partial charge in [0, 0.05) is 10.9 Å². The Bertz CT molecular complexity index is 798. The van der Waals surface area contributed by atoms with Gasteiger partial charge in [0.2, 0.25) is 0 Å². The summed E-state index contributed by atoms with van der Waals surface area (Å²) in [6.07, 6.45) is 0. The molecule has 3 aromatic rings. The molecule has 0 radical (unpaired) electrons. The van der Waals surface area contributed by atoms with E-state index in [1.54, 1.807) is 6.07 Å². The molecule has 0 aliphatic heterocycles. The molecule has 0 saturated heterocycles. The molecule has 98 valence electrons. The maximum atomic E-state index is 11.5. The van der Waals surface area contributed by atoms with Crippen LogP contribution in [0.15, 0.2) is 54.6 Å². The highest BCUT2D eigenvalue weighted by Gasteiger charge is 2.19. The first kappa shape index (κ1) is 12.2. The number of pyridine rings is 1. The highest BCUT2D eigenvalue weighted by Crippen LogP contribution is 2.31. The molecule has 1 aromatic heterocycles.